The van der Waals surface area contributed by atoms with E-state index >= 15 is 0 Å². The number of nitrogens with two attached hydrogens (primary N) is 2. The van der Waals surface area contributed by atoms with E-state index in [-0.39, 0.29) is 26.5 Å². The van der Waals surface area contributed by atoms with Crippen molar-refractivity contribution in [2.75, 3.05) is 10.1 Å². The van der Waals surface area contributed by atoms with Crippen LogP contribution in [0.15, 0.2) is 68.3 Å². The standard InChI is InChI=1S/C18H15ClN4O4S3/c19-12-5-6-16(29(24)10-13-9-28-18(20)22-13)14(8-12)23(21)30(25,26)17-7-11-3-1-2-4-15(11)27-17/h1-9H,10,21H2,(H2,20,22). The number of benzene rings is 2. The van der Waals surface area contributed by atoms with Crippen molar-refractivity contribution < 1.29 is 17.4 Å². The van der Waals surface area contributed by atoms with Gasteiger partial charge in [0, 0.05) is 21.9 Å². The molecule has 8 nitrogen and oxygen atoms in total. The fourth-order valence-electron chi connectivity index (χ4n) is 2.77. The highest BCUT2D eigenvalue weighted by Crippen LogP contribution is 2.34. The summed E-state index contributed by atoms with van der Waals surface area (Å²) in [7, 11) is -4.28. The molecule has 156 valence electrons. The molecule has 4 aromatic rings. The summed E-state index contributed by atoms with van der Waals surface area (Å²) >= 11 is 5.63. The van der Waals surface area contributed by atoms with Gasteiger partial charge in [-0.25, -0.2) is 10.8 Å². The molecule has 2 heterocycles. The number of halogens is 1. The number of anilines is 2. The minimum Gasteiger partial charge on any atom is -0.611 e. The first-order valence-corrected chi connectivity index (χ1v) is 12.4. The van der Waals surface area contributed by atoms with E-state index in [1.165, 1.54) is 35.6 Å². The van der Waals surface area contributed by atoms with Gasteiger partial charge >= 0.3 is 10.0 Å². The van der Waals surface area contributed by atoms with Crippen LogP contribution < -0.4 is 16.0 Å². The van der Waals surface area contributed by atoms with Crippen LogP contribution in [0.1, 0.15) is 5.69 Å². The largest absolute Gasteiger partial charge is 0.611 e. The number of fused-ring (bicyclic) bond motifs is 1. The first-order chi connectivity index (χ1) is 14.3. The van der Waals surface area contributed by atoms with Crippen molar-refractivity contribution in [3.8, 4) is 0 Å². The molecule has 0 saturated carbocycles. The van der Waals surface area contributed by atoms with Gasteiger partial charge in [0.25, 0.3) is 0 Å². The predicted molar refractivity (Wildman–Crippen MR) is 118 cm³/mol. The van der Waals surface area contributed by atoms with Gasteiger partial charge < -0.3 is 14.7 Å². The van der Waals surface area contributed by atoms with Crippen LogP contribution in [-0.2, 0) is 27.0 Å². The highest BCUT2D eigenvalue weighted by atomic mass is 35.5. The molecule has 0 radical (unpaired) electrons. The Morgan fingerprint density at radius 1 is 1.23 bits per heavy atom. The first kappa shape index (κ1) is 21.0. The maximum Gasteiger partial charge on any atom is 0.311 e. The Morgan fingerprint density at radius 2 is 2.00 bits per heavy atom. The summed E-state index contributed by atoms with van der Waals surface area (Å²) in [6, 6.07) is 12.6. The molecule has 0 amide bonds. The van der Waals surface area contributed by atoms with Crippen LogP contribution in [0.5, 0.6) is 0 Å². The molecule has 12 heteroatoms. The molecule has 0 aliphatic carbocycles. The Balaban J connectivity index is 1.72. The SMILES string of the molecule is Nc1nc(C[S+]([O-])c2ccc(Cl)cc2N(N)S(=O)(=O)c2cc3ccccc3o2)cs1. The lowest BCUT2D eigenvalue weighted by Gasteiger charge is -2.21. The number of hydrogen-bond acceptors (Lipinski definition) is 8. The molecule has 0 saturated heterocycles. The summed E-state index contributed by atoms with van der Waals surface area (Å²) in [5, 5.41) is 2.55. The summed E-state index contributed by atoms with van der Waals surface area (Å²) in [5.74, 6) is 6.03. The second-order valence-electron chi connectivity index (χ2n) is 6.18. The van der Waals surface area contributed by atoms with Gasteiger partial charge in [0.15, 0.2) is 15.8 Å². The van der Waals surface area contributed by atoms with E-state index in [0.29, 0.717) is 26.2 Å². The Morgan fingerprint density at radius 3 is 2.70 bits per heavy atom. The molecule has 30 heavy (non-hydrogen) atoms. The molecule has 0 spiro atoms. The number of nitrogens with zero attached hydrogens (tertiary/aromatic N) is 2. The number of rotatable bonds is 6. The summed E-state index contributed by atoms with van der Waals surface area (Å²) in [6.45, 7) is 0. The van der Waals surface area contributed by atoms with Gasteiger partial charge in [-0.3, -0.25) is 0 Å². The first-order valence-electron chi connectivity index (χ1n) is 8.42. The van der Waals surface area contributed by atoms with Crippen LogP contribution in [0.2, 0.25) is 5.02 Å². The Bertz CT molecular complexity index is 1290. The summed E-state index contributed by atoms with van der Waals surface area (Å²) in [6.07, 6.45) is 0. The molecule has 1 unspecified atom stereocenters. The normalized spacial score (nSPS) is 12.9. The third-order valence-corrected chi connectivity index (χ3v) is 7.94. The van der Waals surface area contributed by atoms with Crippen molar-refractivity contribution in [1.29, 1.82) is 0 Å². The zero-order valence-corrected chi connectivity index (χ0v) is 18.4. The maximum atomic E-state index is 13.1. The third kappa shape index (κ3) is 4.00. The number of para-hydroxylation sites is 1. The van der Waals surface area contributed by atoms with Crippen LogP contribution in [0.25, 0.3) is 11.0 Å². The van der Waals surface area contributed by atoms with E-state index < -0.39 is 21.2 Å². The second kappa shape index (κ2) is 8.10. The third-order valence-electron chi connectivity index (χ3n) is 4.17. The zero-order chi connectivity index (χ0) is 21.5. The number of hydrogen-bond donors (Lipinski definition) is 2. The number of furan rings is 1. The van der Waals surface area contributed by atoms with Gasteiger partial charge in [0.05, 0.1) is 0 Å². The van der Waals surface area contributed by atoms with Gasteiger partial charge in [-0.1, -0.05) is 29.8 Å². The van der Waals surface area contributed by atoms with Gasteiger partial charge in [-0.15, -0.1) is 11.3 Å². The molecule has 0 aliphatic rings. The lowest BCUT2D eigenvalue weighted by Crippen LogP contribution is -2.38. The lowest BCUT2D eigenvalue weighted by molar-refractivity contribution is 0.480. The van der Waals surface area contributed by atoms with Crippen LogP contribution >= 0.6 is 22.9 Å². The monoisotopic (exact) mass is 482 g/mol. The fourth-order valence-corrected chi connectivity index (χ4v) is 5.92. The fraction of sp³-hybridized carbons (Fsp3) is 0.0556. The number of sulfonamides is 1. The van der Waals surface area contributed by atoms with Crippen molar-refractivity contribution in [3.63, 3.8) is 0 Å². The molecule has 0 bridgehead atoms. The van der Waals surface area contributed by atoms with Crippen molar-refractivity contribution in [2.24, 2.45) is 5.84 Å². The van der Waals surface area contributed by atoms with Crippen molar-refractivity contribution in [1.82, 2.24) is 4.98 Å². The van der Waals surface area contributed by atoms with Crippen LogP contribution in [0.4, 0.5) is 10.8 Å². The van der Waals surface area contributed by atoms with Crippen molar-refractivity contribution >= 4 is 65.9 Å². The molecule has 1 atom stereocenters. The molecule has 0 fully saturated rings. The number of aromatic nitrogens is 1. The number of thiazole rings is 1. The lowest BCUT2D eigenvalue weighted by atomic mass is 10.3. The van der Waals surface area contributed by atoms with Gasteiger partial charge in [0.2, 0.25) is 5.09 Å². The molecule has 0 aliphatic heterocycles. The number of nitrogen functional groups attached to an aromatic ring is 1. The second-order valence-corrected chi connectivity index (χ2v) is 10.7. The smallest absolute Gasteiger partial charge is 0.311 e. The van der Waals surface area contributed by atoms with E-state index in [4.69, 9.17) is 27.6 Å². The number of hydrazine groups is 1. The molecule has 2 aromatic carbocycles. The summed E-state index contributed by atoms with van der Waals surface area (Å²) in [4.78, 5) is 4.28. The van der Waals surface area contributed by atoms with E-state index in [0.717, 1.165) is 0 Å². The maximum absolute atomic E-state index is 13.1. The average Bonchev–Trinajstić information content (AvgIpc) is 3.33. The molecule has 2 aromatic heterocycles. The van der Waals surface area contributed by atoms with Crippen LogP contribution in [0, 0.1) is 0 Å². The van der Waals surface area contributed by atoms with Gasteiger partial charge in [0.1, 0.15) is 17.0 Å². The summed E-state index contributed by atoms with van der Waals surface area (Å²) < 4.78 is 45.1. The molecule has 4 N–H and O–H groups in total. The molecular formula is C18H15ClN4O4S3. The van der Waals surface area contributed by atoms with Crippen molar-refractivity contribution in [2.45, 2.75) is 15.7 Å². The zero-order valence-electron chi connectivity index (χ0n) is 15.2. The highest BCUT2D eigenvalue weighted by molar-refractivity contribution is 7.93. The Kier molecular flexibility index (Phi) is 5.66. The average molecular weight is 483 g/mol. The quantitative estimate of drug-likeness (QED) is 0.243. The Labute approximate surface area is 184 Å². The van der Waals surface area contributed by atoms with E-state index in [2.05, 4.69) is 4.98 Å². The predicted octanol–water partition coefficient (Wildman–Crippen LogP) is 3.50. The van der Waals surface area contributed by atoms with Crippen LogP contribution in [0.3, 0.4) is 0 Å². The Hall–Kier alpha value is -2.28. The van der Waals surface area contributed by atoms with E-state index in [1.807, 2.05) is 0 Å². The van der Waals surface area contributed by atoms with Gasteiger partial charge in [-0.2, -0.15) is 12.8 Å². The minimum absolute atomic E-state index is 0.0236. The van der Waals surface area contributed by atoms with E-state index in [1.54, 1.807) is 29.6 Å². The summed E-state index contributed by atoms with van der Waals surface area (Å²) in [5.41, 5.74) is 6.53. The topological polar surface area (TPSA) is 139 Å². The molecule has 4 rings (SSSR count). The van der Waals surface area contributed by atoms with Crippen molar-refractivity contribution in [3.05, 3.63) is 64.6 Å². The van der Waals surface area contributed by atoms with Crippen LogP contribution in [-0.4, -0.2) is 18.0 Å². The van der Waals surface area contributed by atoms with E-state index in [9.17, 15) is 13.0 Å². The minimum atomic E-state index is -4.28. The molecular weight excluding hydrogens is 468 g/mol. The van der Waals surface area contributed by atoms with Gasteiger partial charge in [-0.05, 0) is 35.4 Å². The highest BCUT2D eigenvalue weighted by Gasteiger charge is 2.31.